The molecule has 0 fully saturated rings. The predicted octanol–water partition coefficient (Wildman–Crippen LogP) is 8.46. The van der Waals surface area contributed by atoms with E-state index in [0.717, 1.165) is 51.4 Å². The molecule has 8 nitrogen and oxygen atoms in total. The Balaban J connectivity index is 5.70. The van der Waals surface area contributed by atoms with E-state index in [2.05, 4.69) is 55.4 Å². The van der Waals surface area contributed by atoms with Gasteiger partial charge in [0.25, 0.3) is 0 Å². The van der Waals surface area contributed by atoms with Crippen LogP contribution in [0.2, 0.25) is 0 Å². The summed E-state index contributed by atoms with van der Waals surface area (Å²) >= 11 is -5.93. The second-order valence-corrected chi connectivity index (χ2v) is 20.0. The van der Waals surface area contributed by atoms with Crippen molar-refractivity contribution in [3.63, 3.8) is 0 Å². The first kappa shape index (κ1) is 39.8. The Morgan fingerprint density at radius 1 is 0.390 bits per heavy atom. The second-order valence-electron chi connectivity index (χ2n) is 13.0. The Kier molecular flexibility index (Phi) is 22.6. The van der Waals surface area contributed by atoms with Crippen molar-refractivity contribution < 1.29 is 29.9 Å². The van der Waals surface area contributed by atoms with Crippen LogP contribution in [0.1, 0.15) is 158 Å². The zero-order chi connectivity index (χ0) is 31.3. The predicted molar refractivity (Wildman–Crippen MR) is 163 cm³/mol. The van der Waals surface area contributed by atoms with Gasteiger partial charge < -0.3 is 0 Å². The van der Waals surface area contributed by atoms with Gasteiger partial charge in [0, 0.05) is 0 Å². The Labute approximate surface area is 257 Å². The third kappa shape index (κ3) is 24.0. The standard InChI is InChI=1S/4C8H16O2.Pb/c4*1-7(2)5-3-4-6-8(9)10;/h4*7H,3-6H2,1-2H3,(H,9,10);/q;;;;+4/p-4. The molecule has 0 aliphatic rings. The minimum absolute atomic E-state index is 0.0677. The van der Waals surface area contributed by atoms with Crippen molar-refractivity contribution >= 4 is 46.9 Å². The summed E-state index contributed by atoms with van der Waals surface area (Å²) in [7, 11) is 0. The minimum atomic E-state index is -5.93. The van der Waals surface area contributed by atoms with E-state index in [1.807, 2.05) is 0 Å². The van der Waals surface area contributed by atoms with Gasteiger partial charge in [-0.3, -0.25) is 0 Å². The molecule has 0 spiro atoms. The van der Waals surface area contributed by atoms with Gasteiger partial charge in [-0.15, -0.1) is 0 Å². The summed E-state index contributed by atoms with van der Waals surface area (Å²) in [5.74, 6) is -0.617. The van der Waals surface area contributed by atoms with Crippen LogP contribution in [0, 0.1) is 23.7 Å². The summed E-state index contributed by atoms with van der Waals surface area (Å²) in [5.41, 5.74) is 0. The molecule has 0 N–H and O–H groups in total. The van der Waals surface area contributed by atoms with Gasteiger partial charge in [-0.25, -0.2) is 0 Å². The molecule has 9 heteroatoms. The number of carbonyl (C=O) groups excluding carboxylic acids is 4. The summed E-state index contributed by atoms with van der Waals surface area (Å²) in [6.07, 6.45) is 9.77. The number of hydrogen-bond acceptors (Lipinski definition) is 8. The van der Waals surface area contributed by atoms with Crippen LogP contribution in [-0.4, -0.2) is 46.9 Å². The molecular weight excluding hydrogens is 720 g/mol. The molecular formula is C32H60O8Pb. The van der Waals surface area contributed by atoms with Crippen molar-refractivity contribution in [2.24, 2.45) is 23.7 Å². The molecule has 0 aliphatic carbocycles. The third-order valence-electron chi connectivity index (χ3n) is 6.60. The van der Waals surface area contributed by atoms with Crippen molar-refractivity contribution in [3.8, 4) is 0 Å². The Morgan fingerprint density at radius 3 is 0.756 bits per heavy atom. The van der Waals surface area contributed by atoms with Crippen LogP contribution < -0.4 is 0 Å². The van der Waals surface area contributed by atoms with E-state index in [4.69, 9.17) is 10.7 Å². The van der Waals surface area contributed by atoms with Crippen LogP contribution in [0.25, 0.3) is 0 Å². The van der Waals surface area contributed by atoms with E-state index in [-0.39, 0.29) is 25.7 Å². The molecule has 41 heavy (non-hydrogen) atoms. The van der Waals surface area contributed by atoms with Gasteiger partial charge in [0.15, 0.2) is 0 Å². The van der Waals surface area contributed by atoms with Crippen molar-refractivity contribution in [3.05, 3.63) is 0 Å². The Morgan fingerprint density at radius 2 is 0.585 bits per heavy atom. The van der Waals surface area contributed by atoms with Gasteiger partial charge in [-0.2, -0.15) is 0 Å². The molecule has 0 saturated carbocycles. The molecule has 0 saturated heterocycles. The Hall–Kier alpha value is -1.20. The monoisotopic (exact) mass is 780 g/mol. The van der Waals surface area contributed by atoms with Crippen LogP contribution in [-0.2, 0) is 29.9 Å². The Bertz CT molecular complexity index is 622. The first-order valence-corrected chi connectivity index (χ1v) is 22.5. The summed E-state index contributed by atoms with van der Waals surface area (Å²) in [5, 5.41) is 0. The summed E-state index contributed by atoms with van der Waals surface area (Å²) in [6.45, 7) is 16.9. The molecule has 0 amide bonds. The average Bonchev–Trinajstić information content (AvgIpc) is 2.84. The maximum absolute atomic E-state index is 12.9. The quantitative estimate of drug-likeness (QED) is 0.0710. The van der Waals surface area contributed by atoms with E-state index in [9.17, 15) is 19.2 Å². The fraction of sp³-hybridized carbons (Fsp3) is 0.875. The third-order valence-corrected chi connectivity index (χ3v) is 14.0. The molecule has 0 unspecified atom stereocenters. The molecule has 0 aromatic rings. The number of unbranched alkanes of at least 4 members (excludes halogenated alkanes) is 4. The fourth-order valence-electron chi connectivity index (χ4n) is 4.17. The van der Waals surface area contributed by atoms with E-state index in [0.29, 0.717) is 49.4 Å². The van der Waals surface area contributed by atoms with Crippen LogP contribution in [0.15, 0.2) is 0 Å². The van der Waals surface area contributed by atoms with Crippen LogP contribution in [0.5, 0.6) is 0 Å². The van der Waals surface area contributed by atoms with Crippen molar-refractivity contribution in [1.29, 1.82) is 0 Å². The molecule has 0 aromatic carbocycles. The van der Waals surface area contributed by atoms with Crippen LogP contribution in [0.3, 0.4) is 0 Å². The van der Waals surface area contributed by atoms with Crippen molar-refractivity contribution in [2.75, 3.05) is 0 Å². The molecule has 0 rings (SSSR count). The van der Waals surface area contributed by atoms with E-state index < -0.39 is 46.9 Å². The van der Waals surface area contributed by atoms with Crippen LogP contribution >= 0.6 is 0 Å². The normalized spacial score (nSPS) is 11.8. The summed E-state index contributed by atoms with van der Waals surface area (Å²) in [4.78, 5) is 51.7. The molecule has 0 aromatic heterocycles. The molecule has 0 heterocycles. The topological polar surface area (TPSA) is 105 Å². The maximum atomic E-state index is 12.9. The van der Waals surface area contributed by atoms with Gasteiger partial charge in [0.1, 0.15) is 0 Å². The van der Waals surface area contributed by atoms with Gasteiger partial charge in [0.05, 0.1) is 0 Å². The van der Waals surface area contributed by atoms with E-state index in [1.54, 1.807) is 0 Å². The first-order valence-electron chi connectivity index (χ1n) is 16.1. The van der Waals surface area contributed by atoms with Gasteiger partial charge >= 0.3 is 259 Å². The molecule has 0 atom stereocenters. The molecule has 0 radical (unpaired) electrons. The number of carbonyl (C=O) groups is 4. The molecule has 0 bridgehead atoms. The van der Waals surface area contributed by atoms with Crippen molar-refractivity contribution in [2.45, 2.75) is 158 Å². The zero-order valence-corrected chi connectivity index (χ0v) is 31.3. The summed E-state index contributed by atoms with van der Waals surface area (Å²) in [6, 6.07) is 0. The second kappa shape index (κ2) is 23.3. The van der Waals surface area contributed by atoms with Gasteiger partial charge in [-0.1, -0.05) is 0 Å². The summed E-state index contributed by atoms with van der Waals surface area (Å²) < 4.78 is 22.6. The molecule has 240 valence electrons. The van der Waals surface area contributed by atoms with Gasteiger partial charge in [-0.05, 0) is 0 Å². The van der Waals surface area contributed by atoms with E-state index >= 15 is 0 Å². The van der Waals surface area contributed by atoms with E-state index in [1.165, 1.54) is 0 Å². The SMILES string of the molecule is CC(C)CCCCC(=O)[O][Pb]([O]C(=O)CCCCC(C)C)([O]C(=O)CCCCC(C)C)[O]C(=O)CCCCC(C)C. The average molecular weight is 780 g/mol. The zero-order valence-electron chi connectivity index (χ0n) is 27.4. The van der Waals surface area contributed by atoms with Gasteiger partial charge in [0.2, 0.25) is 0 Å². The number of rotatable bonds is 24. The fourth-order valence-corrected chi connectivity index (χ4v) is 11.1. The first-order chi connectivity index (χ1) is 19.2. The van der Waals surface area contributed by atoms with Crippen LogP contribution in [0.4, 0.5) is 0 Å². The van der Waals surface area contributed by atoms with Crippen molar-refractivity contribution in [1.82, 2.24) is 0 Å². The molecule has 0 aliphatic heterocycles. The number of hydrogen-bond donors (Lipinski definition) is 0.